The van der Waals surface area contributed by atoms with Crippen molar-refractivity contribution in [3.05, 3.63) is 30.6 Å². The maximum Gasteiger partial charge on any atom is 0.230 e. The Bertz CT molecular complexity index is 533. The number of nitrogens with one attached hydrogen (secondary N) is 1. The largest absolute Gasteiger partial charge is 0.322 e. The smallest absolute Gasteiger partial charge is 0.230 e. The average Bonchev–Trinajstić information content (AvgIpc) is 2.62. The Labute approximate surface area is 67.8 Å². The minimum atomic E-state index is 0.788. The van der Waals surface area contributed by atoms with Crippen molar-refractivity contribution in [1.82, 2.24) is 19.6 Å². The average molecular weight is 158 g/mol. The molecule has 0 saturated heterocycles. The number of rotatable bonds is 0. The summed E-state index contributed by atoms with van der Waals surface area (Å²) in [5.41, 5.74) is 2.12. The third-order valence-electron chi connectivity index (χ3n) is 1.93. The lowest BCUT2D eigenvalue weighted by atomic mass is 10.3. The van der Waals surface area contributed by atoms with Crippen molar-refractivity contribution in [2.45, 2.75) is 0 Å². The summed E-state index contributed by atoms with van der Waals surface area (Å²) in [5.74, 6) is 0.788. The van der Waals surface area contributed by atoms with E-state index in [-0.39, 0.29) is 0 Å². The van der Waals surface area contributed by atoms with Gasteiger partial charge in [0, 0.05) is 0 Å². The summed E-state index contributed by atoms with van der Waals surface area (Å²) >= 11 is 0. The van der Waals surface area contributed by atoms with Gasteiger partial charge in [-0.05, 0) is 12.1 Å². The van der Waals surface area contributed by atoms with E-state index in [0.717, 1.165) is 16.8 Å². The molecule has 0 aliphatic carbocycles. The Morgan fingerprint density at radius 3 is 3.17 bits per heavy atom. The SMILES string of the molecule is c1ccc2c(c1)[nH]c1ncnn12. The van der Waals surface area contributed by atoms with E-state index < -0.39 is 0 Å². The molecule has 12 heavy (non-hydrogen) atoms. The summed E-state index contributed by atoms with van der Waals surface area (Å²) in [6.45, 7) is 0. The first-order valence-corrected chi connectivity index (χ1v) is 3.71. The fourth-order valence-electron chi connectivity index (χ4n) is 1.39. The lowest BCUT2D eigenvalue weighted by Gasteiger charge is -1.85. The van der Waals surface area contributed by atoms with Crippen molar-refractivity contribution >= 4 is 16.8 Å². The Hall–Kier alpha value is -1.84. The van der Waals surface area contributed by atoms with Crippen molar-refractivity contribution in [2.24, 2.45) is 0 Å². The molecule has 0 aliphatic rings. The van der Waals surface area contributed by atoms with E-state index in [0.29, 0.717) is 0 Å². The number of H-pyrrole nitrogens is 1. The second-order valence-electron chi connectivity index (χ2n) is 2.64. The van der Waals surface area contributed by atoms with Gasteiger partial charge in [-0.2, -0.15) is 14.6 Å². The topological polar surface area (TPSA) is 46.0 Å². The monoisotopic (exact) mass is 158 g/mol. The first kappa shape index (κ1) is 5.77. The molecule has 1 aromatic carbocycles. The number of benzene rings is 1. The van der Waals surface area contributed by atoms with Crippen LogP contribution in [-0.2, 0) is 0 Å². The van der Waals surface area contributed by atoms with Crippen LogP contribution in [0.3, 0.4) is 0 Å². The second kappa shape index (κ2) is 1.85. The van der Waals surface area contributed by atoms with E-state index in [1.165, 1.54) is 6.33 Å². The molecule has 0 fully saturated rings. The van der Waals surface area contributed by atoms with Crippen LogP contribution in [0, 0.1) is 0 Å². The zero-order valence-electron chi connectivity index (χ0n) is 6.23. The maximum atomic E-state index is 4.08. The first-order valence-electron chi connectivity index (χ1n) is 3.71. The van der Waals surface area contributed by atoms with Gasteiger partial charge in [-0.1, -0.05) is 12.1 Å². The molecule has 0 unspecified atom stereocenters. The standard InChI is InChI=1S/C8H6N4/c1-2-4-7-6(3-1)11-8-9-5-10-12(7)8/h1-5H,(H,9,10,11). The van der Waals surface area contributed by atoms with Crippen LogP contribution in [0.25, 0.3) is 16.8 Å². The van der Waals surface area contributed by atoms with Crippen LogP contribution in [0.1, 0.15) is 0 Å². The van der Waals surface area contributed by atoms with E-state index in [2.05, 4.69) is 15.1 Å². The summed E-state index contributed by atoms with van der Waals surface area (Å²) in [6, 6.07) is 7.98. The summed E-state index contributed by atoms with van der Waals surface area (Å²) in [7, 11) is 0. The number of imidazole rings is 1. The zero-order chi connectivity index (χ0) is 7.97. The molecule has 2 aromatic heterocycles. The van der Waals surface area contributed by atoms with Crippen LogP contribution in [0.5, 0.6) is 0 Å². The molecule has 0 spiro atoms. The Kier molecular flexibility index (Phi) is 0.889. The minimum absolute atomic E-state index is 0.788. The van der Waals surface area contributed by atoms with Crippen LogP contribution < -0.4 is 0 Å². The molecular weight excluding hydrogens is 152 g/mol. The van der Waals surface area contributed by atoms with Gasteiger partial charge in [-0.25, -0.2) is 0 Å². The molecule has 3 aromatic rings. The number of aromatic nitrogens is 4. The molecule has 0 amide bonds. The Morgan fingerprint density at radius 1 is 1.25 bits per heavy atom. The number of fused-ring (bicyclic) bond motifs is 3. The molecular formula is C8H6N4. The molecule has 4 heteroatoms. The van der Waals surface area contributed by atoms with Crippen LogP contribution in [0.2, 0.25) is 0 Å². The predicted molar refractivity (Wildman–Crippen MR) is 44.8 cm³/mol. The lowest BCUT2D eigenvalue weighted by Crippen LogP contribution is -1.80. The predicted octanol–water partition coefficient (Wildman–Crippen LogP) is 1.21. The summed E-state index contributed by atoms with van der Waals surface area (Å²) in [5, 5.41) is 4.08. The first-order chi connectivity index (χ1) is 5.95. The quantitative estimate of drug-likeness (QED) is 0.534. The number of hydrogen-bond donors (Lipinski definition) is 1. The fourth-order valence-corrected chi connectivity index (χ4v) is 1.39. The fraction of sp³-hybridized carbons (Fsp3) is 0. The van der Waals surface area contributed by atoms with Gasteiger partial charge in [0.05, 0.1) is 11.0 Å². The molecule has 1 N–H and O–H groups in total. The van der Waals surface area contributed by atoms with Crippen molar-refractivity contribution in [2.75, 3.05) is 0 Å². The van der Waals surface area contributed by atoms with E-state index in [1.54, 1.807) is 4.52 Å². The van der Waals surface area contributed by atoms with E-state index in [4.69, 9.17) is 0 Å². The van der Waals surface area contributed by atoms with E-state index >= 15 is 0 Å². The van der Waals surface area contributed by atoms with Gasteiger partial charge in [-0.15, -0.1) is 0 Å². The Morgan fingerprint density at radius 2 is 2.17 bits per heavy atom. The highest BCUT2D eigenvalue weighted by atomic mass is 15.3. The van der Waals surface area contributed by atoms with Crippen molar-refractivity contribution in [1.29, 1.82) is 0 Å². The maximum absolute atomic E-state index is 4.08. The van der Waals surface area contributed by atoms with Gasteiger partial charge in [0.15, 0.2) is 0 Å². The number of para-hydroxylation sites is 2. The highest BCUT2D eigenvalue weighted by Crippen LogP contribution is 2.12. The summed E-state index contributed by atoms with van der Waals surface area (Å²) < 4.78 is 1.79. The number of hydrogen-bond acceptors (Lipinski definition) is 2. The summed E-state index contributed by atoms with van der Waals surface area (Å²) in [6.07, 6.45) is 1.54. The molecule has 3 rings (SSSR count). The van der Waals surface area contributed by atoms with Gasteiger partial charge in [0.1, 0.15) is 6.33 Å². The number of nitrogens with zero attached hydrogens (tertiary/aromatic N) is 3. The zero-order valence-corrected chi connectivity index (χ0v) is 6.23. The molecule has 0 bridgehead atoms. The van der Waals surface area contributed by atoms with Crippen molar-refractivity contribution in [3.8, 4) is 0 Å². The third-order valence-corrected chi connectivity index (χ3v) is 1.93. The molecule has 0 aliphatic heterocycles. The summed E-state index contributed by atoms with van der Waals surface area (Å²) in [4.78, 5) is 7.20. The van der Waals surface area contributed by atoms with E-state index in [1.807, 2.05) is 24.3 Å². The van der Waals surface area contributed by atoms with Gasteiger partial charge in [0.2, 0.25) is 5.78 Å². The minimum Gasteiger partial charge on any atom is -0.322 e. The molecule has 4 nitrogen and oxygen atoms in total. The van der Waals surface area contributed by atoms with Crippen molar-refractivity contribution < 1.29 is 0 Å². The second-order valence-corrected chi connectivity index (χ2v) is 2.64. The van der Waals surface area contributed by atoms with Gasteiger partial charge < -0.3 is 4.98 Å². The van der Waals surface area contributed by atoms with Crippen LogP contribution in [0.15, 0.2) is 30.6 Å². The normalized spacial score (nSPS) is 11.3. The molecule has 0 radical (unpaired) electrons. The molecule has 2 heterocycles. The number of aromatic amines is 1. The van der Waals surface area contributed by atoms with Gasteiger partial charge >= 0.3 is 0 Å². The van der Waals surface area contributed by atoms with Crippen LogP contribution >= 0.6 is 0 Å². The third kappa shape index (κ3) is 0.567. The Balaban J connectivity index is 2.68. The highest BCUT2D eigenvalue weighted by molar-refractivity contribution is 5.78. The molecule has 0 atom stereocenters. The highest BCUT2D eigenvalue weighted by Gasteiger charge is 2.02. The van der Waals surface area contributed by atoms with Gasteiger partial charge in [0.25, 0.3) is 0 Å². The van der Waals surface area contributed by atoms with Crippen molar-refractivity contribution in [3.63, 3.8) is 0 Å². The molecule has 58 valence electrons. The van der Waals surface area contributed by atoms with E-state index in [9.17, 15) is 0 Å². The van der Waals surface area contributed by atoms with Crippen LogP contribution in [-0.4, -0.2) is 19.6 Å². The van der Waals surface area contributed by atoms with Crippen LogP contribution in [0.4, 0.5) is 0 Å². The lowest BCUT2D eigenvalue weighted by molar-refractivity contribution is 1.01. The molecule has 0 saturated carbocycles. The van der Waals surface area contributed by atoms with Gasteiger partial charge in [-0.3, -0.25) is 0 Å².